The predicted octanol–water partition coefficient (Wildman–Crippen LogP) is 4.18. The topological polar surface area (TPSA) is 56.8 Å². The summed E-state index contributed by atoms with van der Waals surface area (Å²) in [5.74, 6) is 2.64. The summed E-state index contributed by atoms with van der Waals surface area (Å²) in [6, 6.07) is 22.3. The number of nitrogens with one attached hydrogen (secondary N) is 1. The molecular formula is C22H19NO4. The van der Waals surface area contributed by atoms with Crippen LogP contribution in [-0.2, 0) is 6.54 Å². The van der Waals surface area contributed by atoms with Crippen LogP contribution in [0.1, 0.15) is 15.9 Å². The standard InChI is InChI=1S/C22H19NO4/c24-22(23-15-16-9-10-20-21(13-16)26-12-11-25-20)17-5-4-8-19(14-17)27-18-6-2-1-3-7-18/h1-10,13-14H,11-12,15H2,(H,23,24). The molecule has 0 aliphatic carbocycles. The van der Waals surface area contributed by atoms with Gasteiger partial charge in [0.15, 0.2) is 11.5 Å². The number of rotatable bonds is 5. The van der Waals surface area contributed by atoms with Crippen LogP contribution in [0.2, 0.25) is 0 Å². The highest BCUT2D eigenvalue weighted by molar-refractivity contribution is 5.94. The highest BCUT2D eigenvalue weighted by atomic mass is 16.6. The van der Waals surface area contributed by atoms with Crippen molar-refractivity contribution in [2.75, 3.05) is 13.2 Å². The fourth-order valence-electron chi connectivity index (χ4n) is 2.81. The highest BCUT2D eigenvalue weighted by Gasteiger charge is 2.12. The minimum Gasteiger partial charge on any atom is -0.486 e. The van der Waals surface area contributed by atoms with E-state index in [1.807, 2.05) is 54.6 Å². The lowest BCUT2D eigenvalue weighted by Crippen LogP contribution is -2.23. The van der Waals surface area contributed by atoms with Crippen LogP contribution in [0.15, 0.2) is 72.8 Å². The van der Waals surface area contributed by atoms with Crippen molar-refractivity contribution in [1.82, 2.24) is 5.32 Å². The van der Waals surface area contributed by atoms with E-state index in [0.29, 0.717) is 36.8 Å². The average molecular weight is 361 g/mol. The van der Waals surface area contributed by atoms with Gasteiger partial charge in [-0.1, -0.05) is 30.3 Å². The first kappa shape index (κ1) is 17.0. The molecule has 1 aliphatic heterocycles. The molecular weight excluding hydrogens is 342 g/mol. The van der Waals surface area contributed by atoms with E-state index in [9.17, 15) is 4.79 Å². The summed E-state index contributed by atoms with van der Waals surface area (Å²) in [6.07, 6.45) is 0. The number of carbonyl (C=O) groups is 1. The second-order valence-corrected chi connectivity index (χ2v) is 6.10. The van der Waals surface area contributed by atoms with Crippen LogP contribution >= 0.6 is 0 Å². The number of ether oxygens (including phenoxy) is 3. The first-order valence-corrected chi connectivity index (χ1v) is 8.78. The van der Waals surface area contributed by atoms with Crippen LogP contribution in [0.4, 0.5) is 0 Å². The van der Waals surface area contributed by atoms with Crippen molar-refractivity contribution in [3.63, 3.8) is 0 Å². The SMILES string of the molecule is O=C(NCc1ccc2c(c1)OCCO2)c1cccc(Oc2ccccc2)c1. The van der Waals surface area contributed by atoms with Crippen LogP contribution in [0.25, 0.3) is 0 Å². The average Bonchev–Trinajstić information content (AvgIpc) is 2.73. The van der Waals surface area contributed by atoms with Gasteiger partial charge in [0.25, 0.3) is 5.91 Å². The lowest BCUT2D eigenvalue weighted by atomic mass is 10.1. The van der Waals surface area contributed by atoms with Crippen molar-refractivity contribution >= 4 is 5.91 Å². The molecule has 0 spiro atoms. The van der Waals surface area contributed by atoms with Gasteiger partial charge in [-0.2, -0.15) is 0 Å². The van der Waals surface area contributed by atoms with Gasteiger partial charge >= 0.3 is 0 Å². The van der Waals surface area contributed by atoms with Crippen LogP contribution in [0, 0.1) is 0 Å². The summed E-state index contributed by atoms with van der Waals surface area (Å²) in [7, 11) is 0. The van der Waals surface area contributed by atoms with Gasteiger partial charge < -0.3 is 19.5 Å². The van der Waals surface area contributed by atoms with Gasteiger partial charge in [-0.05, 0) is 48.0 Å². The number of hydrogen-bond donors (Lipinski definition) is 1. The van der Waals surface area contributed by atoms with Gasteiger partial charge in [-0.3, -0.25) is 4.79 Å². The molecule has 0 bridgehead atoms. The first-order chi connectivity index (χ1) is 13.3. The second-order valence-electron chi connectivity index (χ2n) is 6.10. The van der Waals surface area contributed by atoms with E-state index in [1.54, 1.807) is 18.2 Å². The fourth-order valence-corrected chi connectivity index (χ4v) is 2.81. The third kappa shape index (κ3) is 4.20. The largest absolute Gasteiger partial charge is 0.486 e. The Morgan fingerprint density at radius 3 is 2.48 bits per heavy atom. The van der Waals surface area contributed by atoms with Crippen LogP contribution in [-0.4, -0.2) is 19.1 Å². The lowest BCUT2D eigenvalue weighted by Gasteiger charge is -2.19. The molecule has 3 aromatic carbocycles. The molecule has 0 saturated carbocycles. The molecule has 5 heteroatoms. The number of carbonyl (C=O) groups excluding carboxylic acids is 1. The maximum Gasteiger partial charge on any atom is 0.251 e. The molecule has 0 unspecified atom stereocenters. The predicted molar refractivity (Wildman–Crippen MR) is 102 cm³/mol. The molecule has 136 valence electrons. The van der Waals surface area contributed by atoms with Gasteiger partial charge in [0.1, 0.15) is 24.7 Å². The summed E-state index contributed by atoms with van der Waals surface area (Å²) in [5, 5.41) is 2.92. The highest BCUT2D eigenvalue weighted by Crippen LogP contribution is 2.30. The zero-order valence-electron chi connectivity index (χ0n) is 14.7. The summed E-state index contributed by atoms with van der Waals surface area (Å²) in [5.41, 5.74) is 1.49. The number of para-hydroxylation sites is 1. The van der Waals surface area contributed by atoms with Crippen molar-refractivity contribution in [2.24, 2.45) is 0 Å². The Kier molecular flexibility index (Phi) is 4.92. The molecule has 0 saturated heterocycles. The van der Waals surface area contributed by atoms with Crippen molar-refractivity contribution in [3.8, 4) is 23.0 Å². The smallest absolute Gasteiger partial charge is 0.251 e. The van der Waals surface area contributed by atoms with E-state index in [1.165, 1.54) is 0 Å². The van der Waals surface area contributed by atoms with Crippen molar-refractivity contribution < 1.29 is 19.0 Å². The summed E-state index contributed by atoms with van der Waals surface area (Å²) in [6.45, 7) is 1.50. The number of fused-ring (bicyclic) bond motifs is 1. The monoisotopic (exact) mass is 361 g/mol. The summed E-state index contributed by atoms with van der Waals surface area (Å²) in [4.78, 5) is 12.5. The van der Waals surface area contributed by atoms with Crippen LogP contribution < -0.4 is 19.5 Å². The molecule has 27 heavy (non-hydrogen) atoms. The molecule has 0 radical (unpaired) electrons. The molecule has 1 aliphatic rings. The quantitative estimate of drug-likeness (QED) is 0.741. The molecule has 5 nitrogen and oxygen atoms in total. The second kappa shape index (κ2) is 7.83. The normalized spacial score (nSPS) is 12.3. The van der Waals surface area contributed by atoms with Gasteiger partial charge in [-0.25, -0.2) is 0 Å². The van der Waals surface area contributed by atoms with Crippen LogP contribution in [0.3, 0.4) is 0 Å². The molecule has 0 atom stereocenters. The maximum absolute atomic E-state index is 12.5. The molecule has 3 aromatic rings. The zero-order chi connectivity index (χ0) is 18.5. The van der Waals surface area contributed by atoms with E-state index >= 15 is 0 Å². The molecule has 1 amide bonds. The first-order valence-electron chi connectivity index (χ1n) is 8.78. The summed E-state index contributed by atoms with van der Waals surface area (Å²) < 4.78 is 16.9. The minimum absolute atomic E-state index is 0.164. The Morgan fingerprint density at radius 2 is 1.63 bits per heavy atom. The zero-order valence-corrected chi connectivity index (χ0v) is 14.7. The summed E-state index contributed by atoms with van der Waals surface area (Å²) >= 11 is 0. The van der Waals surface area contributed by atoms with Gasteiger partial charge in [0, 0.05) is 12.1 Å². The number of hydrogen-bond acceptors (Lipinski definition) is 4. The lowest BCUT2D eigenvalue weighted by molar-refractivity contribution is 0.0950. The van der Waals surface area contributed by atoms with Crippen molar-refractivity contribution in [3.05, 3.63) is 83.9 Å². The van der Waals surface area contributed by atoms with Crippen molar-refractivity contribution in [1.29, 1.82) is 0 Å². The van der Waals surface area contributed by atoms with Crippen LogP contribution in [0.5, 0.6) is 23.0 Å². The van der Waals surface area contributed by atoms with Crippen molar-refractivity contribution in [2.45, 2.75) is 6.54 Å². The molecule has 0 aromatic heterocycles. The Bertz CT molecular complexity index is 940. The fraction of sp³-hybridized carbons (Fsp3) is 0.136. The number of benzene rings is 3. The van der Waals surface area contributed by atoms with E-state index in [-0.39, 0.29) is 5.91 Å². The third-order valence-electron chi connectivity index (χ3n) is 4.13. The van der Waals surface area contributed by atoms with E-state index in [0.717, 1.165) is 17.1 Å². The molecule has 0 fully saturated rings. The molecule has 1 heterocycles. The maximum atomic E-state index is 12.5. The minimum atomic E-state index is -0.164. The Labute approximate surface area is 157 Å². The van der Waals surface area contributed by atoms with Gasteiger partial charge in [0.05, 0.1) is 0 Å². The molecule has 4 rings (SSSR count). The van der Waals surface area contributed by atoms with Gasteiger partial charge in [-0.15, -0.1) is 0 Å². The van der Waals surface area contributed by atoms with E-state index in [2.05, 4.69) is 5.32 Å². The van der Waals surface area contributed by atoms with E-state index < -0.39 is 0 Å². The molecule has 1 N–H and O–H groups in total. The van der Waals surface area contributed by atoms with Gasteiger partial charge in [0.2, 0.25) is 0 Å². The van der Waals surface area contributed by atoms with E-state index in [4.69, 9.17) is 14.2 Å². The Hall–Kier alpha value is -3.47. The number of amides is 1. The third-order valence-corrected chi connectivity index (χ3v) is 4.13. The Balaban J connectivity index is 1.40. The Morgan fingerprint density at radius 1 is 0.852 bits per heavy atom.